The second-order valence-electron chi connectivity index (χ2n) is 4.96. The molecule has 1 aromatic rings. The number of aliphatic hydroxyl groups is 1. The number of hydrogen-bond acceptors (Lipinski definition) is 4. The summed E-state index contributed by atoms with van der Waals surface area (Å²) in [7, 11) is 0. The van der Waals surface area contributed by atoms with E-state index in [1.807, 2.05) is 18.4 Å². The molecule has 1 heterocycles. The number of nitrogens with zero attached hydrogens (tertiary/aromatic N) is 1. The lowest BCUT2D eigenvalue weighted by Crippen LogP contribution is -2.38. The van der Waals surface area contributed by atoms with E-state index in [2.05, 4.69) is 10.3 Å². The highest BCUT2D eigenvalue weighted by Gasteiger charge is 2.22. The van der Waals surface area contributed by atoms with Crippen molar-refractivity contribution in [3.8, 4) is 0 Å². The maximum atomic E-state index is 12.1. The summed E-state index contributed by atoms with van der Waals surface area (Å²) in [5, 5.41) is 13.1. The van der Waals surface area contributed by atoms with E-state index in [-0.39, 0.29) is 18.6 Å². The third-order valence-electron chi connectivity index (χ3n) is 3.65. The lowest BCUT2D eigenvalue weighted by atomic mass is 9.86. The van der Waals surface area contributed by atoms with Gasteiger partial charge in [0.1, 0.15) is 0 Å². The molecule has 0 unspecified atom stereocenters. The molecule has 1 fully saturated rings. The molecule has 5 heteroatoms. The minimum atomic E-state index is -0.0485. The Labute approximate surface area is 118 Å². The highest BCUT2D eigenvalue weighted by Crippen LogP contribution is 2.23. The molecule has 0 saturated heterocycles. The molecule has 1 saturated carbocycles. The molecule has 0 radical (unpaired) electrons. The molecule has 19 heavy (non-hydrogen) atoms. The fourth-order valence-electron chi connectivity index (χ4n) is 2.39. The molecule has 1 aliphatic rings. The number of amides is 1. The van der Waals surface area contributed by atoms with Gasteiger partial charge in [-0.3, -0.25) is 4.79 Å². The number of thioether (sulfide) groups is 1. The number of nitrogens with one attached hydrogen (secondary N) is 1. The summed E-state index contributed by atoms with van der Waals surface area (Å²) in [4.78, 5) is 16.3. The number of rotatable bonds is 4. The van der Waals surface area contributed by atoms with Gasteiger partial charge in [0.05, 0.1) is 10.6 Å². The Morgan fingerprint density at radius 2 is 2.16 bits per heavy atom. The molecular formula is C14H20N2O2S. The van der Waals surface area contributed by atoms with Gasteiger partial charge in [-0.25, -0.2) is 4.98 Å². The summed E-state index contributed by atoms with van der Waals surface area (Å²) < 4.78 is 0. The van der Waals surface area contributed by atoms with Crippen molar-refractivity contribution >= 4 is 17.7 Å². The highest BCUT2D eigenvalue weighted by molar-refractivity contribution is 7.98. The predicted molar refractivity (Wildman–Crippen MR) is 76.3 cm³/mol. The standard InChI is InChI=1S/C14H20N2O2S/c1-19-13-7-4-11(8-15-13)14(18)16-12-5-2-10(9-17)3-6-12/h4,7-8,10,12,17H,2-3,5-6,9H2,1H3,(H,16,18). The van der Waals surface area contributed by atoms with Crippen molar-refractivity contribution in [2.75, 3.05) is 12.9 Å². The van der Waals surface area contributed by atoms with Gasteiger partial charge in [-0.05, 0) is 50.0 Å². The van der Waals surface area contributed by atoms with Crippen LogP contribution in [0.5, 0.6) is 0 Å². The van der Waals surface area contributed by atoms with Gasteiger partial charge in [-0.2, -0.15) is 0 Å². The summed E-state index contributed by atoms with van der Waals surface area (Å²) in [5.41, 5.74) is 0.613. The molecule has 2 rings (SSSR count). The lowest BCUT2D eigenvalue weighted by molar-refractivity contribution is 0.0913. The van der Waals surface area contributed by atoms with Crippen molar-refractivity contribution in [3.63, 3.8) is 0 Å². The molecule has 1 aromatic heterocycles. The van der Waals surface area contributed by atoms with Crippen LogP contribution in [0.2, 0.25) is 0 Å². The third kappa shape index (κ3) is 3.94. The van der Waals surface area contributed by atoms with E-state index in [1.54, 1.807) is 18.0 Å². The zero-order valence-electron chi connectivity index (χ0n) is 11.1. The van der Waals surface area contributed by atoms with Crippen LogP contribution >= 0.6 is 11.8 Å². The van der Waals surface area contributed by atoms with Gasteiger partial charge >= 0.3 is 0 Å². The summed E-state index contributed by atoms with van der Waals surface area (Å²) in [6.45, 7) is 0.265. The second kappa shape index (κ2) is 6.91. The van der Waals surface area contributed by atoms with Gasteiger partial charge in [0.15, 0.2) is 0 Å². The van der Waals surface area contributed by atoms with Crippen LogP contribution in [0.25, 0.3) is 0 Å². The maximum Gasteiger partial charge on any atom is 0.253 e. The molecule has 1 aliphatic carbocycles. The summed E-state index contributed by atoms with van der Waals surface area (Å²) in [5.74, 6) is 0.364. The van der Waals surface area contributed by atoms with E-state index < -0.39 is 0 Å². The van der Waals surface area contributed by atoms with E-state index in [0.29, 0.717) is 11.5 Å². The molecule has 0 spiro atoms. The normalized spacial score (nSPS) is 23.1. The molecule has 0 bridgehead atoms. The Kier molecular flexibility index (Phi) is 5.22. The van der Waals surface area contributed by atoms with Crippen molar-refractivity contribution in [1.82, 2.24) is 10.3 Å². The van der Waals surface area contributed by atoms with Gasteiger partial charge < -0.3 is 10.4 Å². The number of hydrogen-bond donors (Lipinski definition) is 2. The maximum absolute atomic E-state index is 12.1. The summed E-state index contributed by atoms with van der Waals surface area (Å²) in [6.07, 6.45) is 7.47. The van der Waals surface area contributed by atoms with Crippen LogP contribution in [0.4, 0.5) is 0 Å². The minimum Gasteiger partial charge on any atom is -0.396 e. The summed E-state index contributed by atoms with van der Waals surface area (Å²) >= 11 is 1.56. The van der Waals surface area contributed by atoms with E-state index in [1.165, 1.54) is 0 Å². The first-order chi connectivity index (χ1) is 9.22. The van der Waals surface area contributed by atoms with Crippen LogP contribution in [-0.2, 0) is 0 Å². The Hall–Kier alpha value is -1.07. The Balaban J connectivity index is 1.87. The third-order valence-corrected chi connectivity index (χ3v) is 4.31. The Morgan fingerprint density at radius 1 is 1.42 bits per heavy atom. The van der Waals surface area contributed by atoms with Crippen molar-refractivity contribution < 1.29 is 9.90 Å². The summed E-state index contributed by atoms with van der Waals surface area (Å²) in [6, 6.07) is 3.91. The smallest absolute Gasteiger partial charge is 0.253 e. The monoisotopic (exact) mass is 280 g/mol. The number of pyridine rings is 1. The van der Waals surface area contributed by atoms with E-state index in [0.717, 1.165) is 30.7 Å². The van der Waals surface area contributed by atoms with Gasteiger partial charge in [-0.1, -0.05) is 0 Å². The van der Waals surface area contributed by atoms with Crippen LogP contribution in [-0.4, -0.2) is 34.9 Å². The van der Waals surface area contributed by atoms with Gasteiger partial charge in [-0.15, -0.1) is 11.8 Å². The fraction of sp³-hybridized carbons (Fsp3) is 0.571. The van der Waals surface area contributed by atoms with E-state index in [9.17, 15) is 4.79 Å². The minimum absolute atomic E-state index is 0.0485. The molecule has 0 aromatic carbocycles. The van der Waals surface area contributed by atoms with Crippen LogP contribution in [0.3, 0.4) is 0 Å². The SMILES string of the molecule is CSc1ccc(C(=O)NC2CCC(CO)CC2)cn1. The molecule has 104 valence electrons. The van der Waals surface area contributed by atoms with E-state index >= 15 is 0 Å². The van der Waals surface area contributed by atoms with Crippen LogP contribution in [0, 0.1) is 5.92 Å². The zero-order chi connectivity index (χ0) is 13.7. The van der Waals surface area contributed by atoms with Crippen molar-refractivity contribution in [3.05, 3.63) is 23.9 Å². The molecule has 0 atom stereocenters. The van der Waals surface area contributed by atoms with Crippen molar-refractivity contribution in [1.29, 1.82) is 0 Å². The molecule has 1 amide bonds. The van der Waals surface area contributed by atoms with E-state index in [4.69, 9.17) is 5.11 Å². The highest BCUT2D eigenvalue weighted by atomic mass is 32.2. The van der Waals surface area contributed by atoms with Gasteiger partial charge in [0, 0.05) is 18.8 Å². The molecular weight excluding hydrogens is 260 g/mol. The fourth-order valence-corrected chi connectivity index (χ4v) is 2.76. The lowest BCUT2D eigenvalue weighted by Gasteiger charge is -2.27. The molecule has 4 nitrogen and oxygen atoms in total. The second-order valence-corrected chi connectivity index (χ2v) is 5.79. The average molecular weight is 280 g/mol. The van der Waals surface area contributed by atoms with Crippen LogP contribution in [0.1, 0.15) is 36.0 Å². The largest absolute Gasteiger partial charge is 0.396 e. The Morgan fingerprint density at radius 3 is 2.68 bits per heavy atom. The first-order valence-corrected chi connectivity index (χ1v) is 7.87. The van der Waals surface area contributed by atoms with Crippen LogP contribution < -0.4 is 5.32 Å². The van der Waals surface area contributed by atoms with Gasteiger partial charge in [0.2, 0.25) is 0 Å². The van der Waals surface area contributed by atoms with Crippen molar-refractivity contribution in [2.45, 2.75) is 36.8 Å². The first kappa shape index (κ1) is 14.3. The number of aromatic nitrogens is 1. The van der Waals surface area contributed by atoms with Crippen molar-refractivity contribution in [2.24, 2.45) is 5.92 Å². The molecule has 0 aliphatic heterocycles. The first-order valence-electron chi connectivity index (χ1n) is 6.64. The van der Waals surface area contributed by atoms with Crippen LogP contribution in [0.15, 0.2) is 23.4 Å². The number of aliphatic hydroxyl groups excluding tert-OH is 1. The van der Waals surface area contributed by atoms with Gasteiger partial charge in [0.25, 0.3) is 5.91 Å². The topological polar surface area (TPSA) is 62.2 Å². The number of carbonyl (C=O) groups excluding carboxylic acids is 1. The average Bonchev–Trinajstić information content (AvgIpc) is 2.48. The number of carbonyl (C=O) groups is 1. The Bertz CT molecular complexity index is 414. The zero-order valence-corrected chi connectivity index (χ0v) is 11.9. The quantitative estimate of drug-likeness (QED) is 0.829. The molecule has 2 N–H and O–H groups in total. The predicted octanol–water partition coefficient (Wildman–Crippen LogP) is 2.08.